The molecule has 2 aliphatic heterocycles. The van der Waals surface area contributed by atoms with Crippen LogP contribution in [-0.2, 0) is 38.1 Å². The SMILES string of the molecule is CCC(O)C(C)C(Cl)C(O)CC(C)/C=C/C=C(\C)C1OC(=O)CC(O)CCC(C)(O)C(OC(C)=O)/C=C/C1C.CCC(O)C(C)C(O)C(Cl)CC(C)/C=C/C=C(\C)C1OC(=O)CC(O)CCC(C)(O)C(OC(C)=O)/C=C/C1C. The highest BCUT2D eigenvalue weighted by Gasteiger charge is 2.37. The van der Waals surface area contributed by atoms with Gasteiger partial charge in [0, 0.05) is 37.5 Å². The predicted octanol–water partition coefficient (Wildman–Crippen LogP) is 8.44. The molecule has 0 fully saturated rings. The van der Waals surface area contributed by atoms with Crippen LogP contribution in [0.5, 0.6) is 0 Å². The Morgan fingerprint density at radius 1 is 0.654 bits per heavy atom. The van der Waals surface area contributed by atoms with Crippen molar-refractivity contribution in [3.8, 4) is 0 Å². The number of hydrogen-bond acceptors (Lipinski definition) is 16. The van der Waals surface area contributed by atoms with E-state index >= 15 is 0 Å². The Kier molecular flexibility index (Phi) is 33.0. The molecule has 16 nitrogen and oxygen atoms in total. The molecule has 20 atom stereocenters. The molecule has 2 heterocycles. The number of carbonyl (C=O) groups is 4. The molecule has 448 valence electrons. The number of allylic oxidation sites excluding steroid dienone is 6. The largest absolute Gasteiger partial charge is 0.457 e. The molecule has 0 radical (unpaired) electrons. The molecule has 0 aromatic carbocycles. The van der Waals surface area contributed by atoms with Crippen molar-refractivity contribution in [2.24, 2.45) is 35.5 Å². The van der Waals surface area contributed by atoms with Crippen LogP contribution in [0.15, 0.2) is 71.9 Å². The molecule has 0 saturated carbocycles. The quantitative estimate of drug-likeness (QED) is 0.0187. The minimum Gasteiger partial charge on any atom is -0.457 e. The Morgan fingerprint density at radius 3 is 1.40 bits per heavy atom. The van der Waals surface area contributed by atoms with Crippen molar-refractivity contribution >= 4 is 47.1 Å². The minimum atomic E-state index is -1.43. The van der Waals surface area contributed by atoms with Crippen LogP contribution in [0.25, 0.3) is 0 Å². The third-order valence-corrected chi connectivity index (χ3v) is 15.9. The second kappa shape index (κ2) is 35.4. The summed E-state index contributed by atoms with van der Waals surface area (Å²) in [5.41, 5.74) is -1.34. The van der Waals surface area contributed by atoms with Gasteiger partial charge in [-0.1, -0.05) is 104 Å². The van der Waals surface area contributed by atoms with Crippen LogP contribution in [-0.4, -0.2) is 148 Å². The molecule has 0 aliphatic carbocycles. The van der Waals surface area contributed by atoms with Crippen molar-refractivity contribution in [3.05, 3.63) is 71.9 Å². The van der Waals surface area contributed by atoms with E-state index in [1.807, 2.05) is 98.8 Å². The summed E-state index contributed by atoms with van der Waals surface area (Å²) in [6.07, 6.45) is 12.1. The molecule has 78 heavy (non-hydrogen) atoms. The summed E-state index contributed by atoms with van der Waals surface area (Å²) in [6, 6.07) is 0. The van der Waals surface area contributed by atoms with Crippen LogP contribution in [0.2, 0.25) is 0 Å². The van der Waals surface area contributed by atoms with Gasteiger partial charge < -0.3 is 59.8 Å². The van der Waals surface area contributed by atoms with Crippen LogP contribution in [0.3, 0.4) is 0 Å². The highest BCUT2D eigenvalue weighted by Crippen LogP contribution is 2.31. The number of ether oxygens (including phenoxy) is 4. The molecule has 0 aromatic heterocycles. The first kappa shape index (κ1) is 72.6. The Labute approximate surface area is 475 Å². The van der Waals surface area contributed by atoms with Crippen molar-refractivity contribution in [1.29, 1.82) is 0 Å². The Hall–Kier alpha value is -3.42. The van der Waals surface area contributed by atoms with Crippen molar-refractivity contribution in [1.82, 2.24) is 0 Å². The van der Waals surface area contributed by atoms with Gasteiger partial charge in [0.1, 0.15) is 35.6 Å². The number of halogens is 2. The van der Waals surface area contributed by atoms with E-state index in [1.165, 1.54) is 27.7 Å². The molecule has 8 N–H and O–H groups in total. The van der Waals surface area contributed by atoms with E-state index in [-0.39, 0.29) is 74.0 Å². The number of esters is 4. The molecule has 2 aliphatic rings. The molecule has 20 unspecified atom stereocenters. The average Bonchev–Trinajstić information content (AvgIpc) is 3.35. The van der Waals surface area contributed by atoms with E-state index in [0.29, 0.717) is 25.7 Å². The van der Waals surface area contributed by atoms with Crippen molar-refractivity contribution in [2.45, 2.75) is 244 Å². The fourth-order valence-electron chi connectivity index (χ4n) is 9.27. The van der Waals surface area contributed by atoms with Gasteiger partial charge in [-0.3, -0.25) is 19.2 Å². The number of hydrogen-bond donors (Lipinski definition) is 8. The summed E-state index contributed by atoms with van der Waals surface area (Å²) in [5, 5.41) is 82.5. The molecule has 2 rings (SSSR count). The number of rotatable bonds is 20. The Bertz CT molecular complexity index is 1870. The highest BCUT2D eigenvalue weighted by atomic mass is 35.5. The van der Waals surface area contributed by atoms with Crippen molar-refractivity contribution < 1.29 is 79.0 Å². The van der Waals surface area contributed by atoms with Crippen molar-refractivity contribution in [2.75, 3.05) is 0 Å². The zero-order valence-electron chi connectivity index (χ0n) is 48.8. The molecular weight excluding hydrogens is 1050 g/mol. The van der Waals surface area contributed by atoms with Gasteiger partial charge in [0.15, 0.2) is 0 Å². The Morgan fingerprint density at radius 2 is 1.03 bits per heavy atom. The average molecular weight is 1150 g/mol. The standard InChI is InChI=1S/2C30H49ClO8/c1-8-25(34)21(5)28(36)24(31)16-18(2)10-9-11-19(3)29-20(4)12-13-26(38-22(6)32)30(7,37)15-14-23(33)17-27(35)39-29;1-8-24(34)21(5)28(31)25(35)16-18(2)10-9-11-19(3)29-20(4)12-13-26(38-22(6)32)30(7,37)15-14-23(33)17-27(36)39-29/h9-13,18,20-21,23-26,28-29,33-34,36-37H,8,14-17H2,1-7H3;9-13,18,20-21,23-26,28-29,33-35,37H,8,14-17H2,1-7H3/b2*10-9+,13-12+,19-11+. The van der Waals surface area contributed by atoms with Crippen LogP contribution < -0.4 is 0 Å². The second-order valence-corrected chi connectivity index (χ2v) is 23.6. The number of cyclic esters (lactones) is 2. The summed E-state index contributed by atoms with van der Waals surface area (Å²) < 4.78 is 22.2. The predicted molar refractivity (Wildman–Crippen MR) is 304 cm³/mol. The lowest BCUT2D eigenvalue weighted by molar-refractivity contribution is -0.158. The van der Waals surface area contributed by atoms with E-state index in [4.69, 9.17) is 42.1 Å². The van der Waals surface area contributed by atoms with E-state index in [0.717, 1.165) is 11.1 Å². The fourth-order valence-corrected chi connectivity index (χ4v) is 10.1. The van der Waals surface area contributed by atoms with Crippen LogP contribution in [0.4, 0.5) is 0 Å². The van der Waals surface area contributed by atoms with Gasteiger partial charge in [-0.15, -0.1) is 23.2 Å². The van der Waals surface area contributed by atoms with E-state index in [2.05, 4.69) is 0 Å². The lowest BCUT2D eigenvalue weighted by Gasteiger charge is -2.32. The first-order chi connectivity index (χ1) is 36.2. The summed E-state index contributed by atoms with van der Waals surface area (Å²) in [6.45, 7) is 24.3. The smallest absolute Gasteiger partial charge is 0.309 e. The summed E-state index contributed by atoms with van der Waals surface area (Å²) in [7, 11) is 0. The van der Waals surface area contributed by atoms with Gasteiger partial charge >= 0.3 is 23.9 Å². The van der Waals surface area contributed by atoms with E-state index in [1.54, 1.807) is 31.2 Å². The maximum absolute atomic E-state index is 12.6. The van der Waals surface area contributed by atoms with Crippen LogP contribution in [0, 0.1) is 35.5 Å². The molecule has 0 spiro atoms. The first-order valence-electron chi connectivity index (χ1n) is 27.8. The van der Waals surface area contributed by atoms with E-state index in [9.17, 15) is 60.0 Å². The fraction of sp³-hybridized carbons (Fsp3) is 0.733. The summed E-state index contributed by atoms with van der Waals surface area (Å²) >= 11 is 12.8. The van der Waals surface area contributed by atoms with Gasteiger partial charge in [-0.05, 0) is 114 Å². The normalized spacial score (nSPS) is 32.2. The molecule has 18 heteroatoms. The first-order valence-corrected chi connectivity index (χ1v) is 28.7. The maximum Gasteiger partial charge on any atom is 0.309 e. The number of aliphatic hydroxyl groups excluding tert-OH is 6. The van der Waals surface area contributed by atoms with Crippen molar-refractivity contribution in [3.63, 3.8) is 0 Å². The molecule has 0 aromatic rings. The van der Waals surface area contributed by atoms with Crippen LogP contribution in [0.1, 0.15) is 161 Å². The molecule has 0 amide bonds. The van der Waals surface area contributed by atoms with Gasteiger partial charge in [0.25, 0.3) is 0 Å². The number of aliphatic hydroxyl groups is 8. The van der Waals surface area contributed by atoms with Crippen LogP contribution >= 0.6 is 23.2 Å². The topological polar surface area (TPSA) is 267 Å². The minimum absolute atomic E-state index is 0.00527. The van der Waals surface area contributed by atoms with Gasteiger partial charge in [0.2, 0.25) is 0 Å². The van der Waals surface area contributed by atoms with Gasteiger partial charge in [0.05, 0.1) is 60.2 Å². The second-order valence-electron chi connectivity index (χ2n) is 22.6. The lowest BCUT2D eigenvalue weighted by Crippen LogP contribution is -2.42. The summed E-state index contributed by atoms with van der Waals surface area (Å²) in [4.78, 5) is 48.5. The number of carbonyl (C=O) groups excluding carboxylic acids is 4. The highest BCUT2D eigenvalue weighted by molar-refractivity contribution is 6.21. The third-order valence-electron chi connectivity index (χ3n) is 14.8. The molecule has 0 bridgehead atoms. The van der Waals surface area contributed by atoms with E-state index < -0.39 is 107 Å². The third kappa shape index (κ3) is 26.4. The molecule has 0 saturated heterocycles. The van der Waals surface area contributed by atoms with Gasteiger partial charge in [-0.2, -0.15) is 0 Å². The monoisotopic (exact) mass is 1140 g/mol. The maximum atomic E-state index is 12.6. The lowest BCUT2D eigenvalue weighted by atomic mass is 9.88. The molecular formula is C60H98Cl2O16. The summed E-state index contributed by atoms with van der Waals surface area (Å²) in [5.74, 6) is -3.35. The zero-order valence-corrected chi connectivity index (χ0v) is 50.3. The number of alkyl halides is 2. The Balaban J connectivity index is 0.000000780. The zero-order chi connectivity index (χ0) is 59.8. The van der Waals surface area contributed by atoms with Gasteiger partial charge in [-0.25, -0.2) is 0 Å².